The Bertz CT molecular complexity index is 1160. The highest BCUT2D eigenvalue weighted by atomic mass is 35.5. The molecule has 0 aliphatic heterocycles. The van der Waals surface area contributed by atoms with Crippen LogP contribution in [-0.2, 0) is 6.54 Å². The van der Waals surface area contributed by atoms with Gasteiger partial charge in [0.2, 0.25) is 0 Å². The van der Waals surface area contributed by atoms with Crippen molar-refractivity contribution in [3.8, 4) is 11.4 Å². The predicted molar refractivity (Wildman–Crippen MR) is 100 cm³/mol. The Morgan fingerprint density at radius 1 is 1.11 bits per heavy atom. The number of carbonyl (C=O) groups is 1. The zero-order valence-electron chi connectivity index (χ0n) is 13.9. The SMILES string of the molecule is O=C(O)c1nc(-c2ccc(Cl)c(F)c2)nc2c1ccn2Cc1ccccc1. The van der Waals surface area contributed by atoms with Gasteiger partial charge in [0.25, 0.3) is 0 Å². The summed E-state index contributed by atoms with van der Waals surface area (Å²) in [5, 5.41) is 9.96. The standard InChI is InChI=1S/C20H13ClFN3O2/c21-15-7-6-13(10-16(15)22)18-23-17(20(26)27)14-8-9-25(19(14)24-18)11-12-4-2-1-3-5-12/h1-10H,11H2,(H,26,27). The second kappa shape index (κ2) is 6.81. The molecule has 2 aromatic carbocycles. The van der Waals surface area contributed by atoms with E-state index in [1.807, 2.05) is 34.9 Å². The van der Waals surface area contributed by atoms with Crippen molar-refractivity contribution >= 4 is 28.6 Å². The van der Waals surface area contributed by atoms with Crippen molar-refractivity contribution in [2.24, 2.45) is 0 Å². The van der Waals surface area contributed by atoms with E-state index in [1.54, 1.807) is 18.3 Å². The van der Waals surface area contributed by atoms with Crippen molar-refractivity contribution in [3.05, 3.63) is 82.9 Å². The molecule has 0 unspecified atom stereocenters. The van der Waals surface area contributed by atoms with Crippen LogP contribution in [0, 0.1) is 5.82 Å². The van der Waals surface area contributed by atoms with Gasteiger partial charge in [-0.25, -0.2) is 19.2 Å². The minimum Gasteiger partial charge on any atom is -0.476 e. The maximum Gasteiger partial charge on any atom is 0.355 e. The summed E-state index contributed by atoms with van der Waals surface area (Å²) in [5.41, 5.74) is 1.74. The normalized spacial score (nSPS) is 11.0. The lowest BCUT2D eigenvalue weighted by atomic mass is 10.2. The highest BCUT2D eigenvalue weighted by Gasteiger charge is 2.18. The van der Waals surface area contributed by atoms with Crippen molar-refractivity contribution in [3.63, 3.8) is 0 Å². The number of halogens is 2. The monoisotopic (exact) mass is 381 g/mol. The van der Waals surface area contributed by atoms with Crippen molar-refractivity contribution in [2.75, 3.05) is 0 Å². The minimum atomic E-state index is -1.17. The van der Waals surface area contributed by atoms with Crippen molar-refractivity contribution in [1.82, 2.24) is 14.5 Å². The van der Waals surface area contributed by atoms with Crippen LogP contribution in [0.5, 0.6) is 0 Å². The van der Waals surface area contributed by atoms with Gasteiger partial charge in [-0.3, -0.25) is 0 Å². The molecule has 7 heteroatoms. The second-order valence-corrected chi connectivity index (χ2v) is 6.40. The van der Waals surface area contributed by atoms with Crippen molar-refractivity contribution in [1.29, 1.82) is 0 Å². The number of nitrogens with zero attached hydrogens (tertiary/aromatic N) is 3. The summed E-state index contributed by atoms with van der Waals surface area (Å²) in [6.07, 6.45) is 1.77. The van der Waals surface area contributed by atoms with E-state index in [0.29, 0.717) is 23.1 Å². The fourth-order valence-corrected chi connectivity index (χ4v) is 3.02. The first kappa shape index (κ1) is 17.2. The van der Waals surface area contributed by atoms with Crippen molar-refractivity contribution in [2.45, 2.75) is 6.54 Å². The number of carboxylic acid groups (broad SMARTS) is 1. The van der Waals surface area contributed by atoms with Gasteiger partial charge in [-0.2, -0.15) is 0 Å². The molecule has 0 radical (unpaired) electrons. The Hall–Kier alpha value is -3.25. The van der Waals surface area contributed by atoms with Gasteiger partial charge in [0.05, 0.1) is 10.4 Å². The summed E-state index contributed by atoms with van der Waals surface area (Å²) >= 11 is 5.73. The maximum absolute atomic E-state index is 13.8. The Kier molecular flexibility index (Phi) is 4.33. The van der Waals surface area contributed by atoms with E-state index in [0.717, 1.165) is 5.56 Å². The lowest BCUT2D eigenvalue weighted by Crippen LogP contribution is -2.06. The summed E-state index contributed by atoms with van der Waals surface area (Å²) in [4.78, 5) is 20.3. The predicted octanol–water partition coefficient (Wildman–Crippen LogP) is 4.64. The Morgan fingerprint density at radius 3 is 2.59 bits per heavy atom. The third-order valence-electron chi connectivity index (χ3n) is 4.19. The lowest BCUT2D eigenvalue weighted by molar-refractivity contribution is 0.0693. The van der Waals surface area contributed by atoms with Crippen LogP contribution in [0.25, 0.3) is 22.4 Å². The van der Waals surface area contributed by atoms with Gasteiger partial charge < -0.3 is 9.67 Å². The molecule has 2 aromatic heterocycles. The topological polar surface area (TPSA) is 68.0 Å². The smallest absolute Gasteiger partial charge is 0.355 e. The van der Waals surface area contributed by atoms with Crippen LogP contribution in [0.4, 0.5) is 4.39 Å². The molecule has 0 spiro atoms. The van der Waals surface area contributed by atoms with Crippen LogP contribution in [0.3, 0.4) is 0 Å². The minimum absolute atomic E-state index is 0.0225. The highest BCUT2D eigenvalue weighted by molar-refractivity contribution is 6.30. The Morgan fingerprint density at radius 2 is 1.89 bits per heavy atom. The zero-order chi connectivity index (χ0) is 19.0. The fourth-order valence-electron chi connectivity index (χ4n) is 2.90. The molecule has 0 aliphatic carbocycles. The van der Waals surface area contributed by atoms with E-state index in [4.69, 9.17) is 11.6 Å². The number of hydrogen-bond acceptors (Lipinski definition) is 3. The first-order valence-electron chi connectivity index (χ1n) is 8.12. The zero-order valence-corrected chi connectivity index (χ0v) is 14.7. The van der Waals surface area contributed by atoms with Crippen LogP contribution in [-0.4, -0.2) is 25.6 Å². The molecule has 0 aliphatic rings. The van der Waals surface area contributed by atoms with E-state index < -0.39 is 11.8 Å². The second-order valence-electron chi connectivity index (χ2n) is 6.00. The fraction of sp³-hybridized carbons (Fsp3) is 0.0500. The van der Waals surface area contributed by atoms with Gasteiger partial charge in [-0.15, -0.1) is 0 Å². The maximum atomic E-state index is 13.8. The van der Waals surface area contributed by atoms with Gasteiger partial charge in [-0.05, 0) is 29.8 Å². The van der Waals surface area contributed by atoms with Crippen LogP contribution in [0.15, 0.2) is 60.8 Å². The summed E-state index contributed by atoms with van der Waals surface area (Å²) in [6, 6.07) is 15.6. The molecule has 0 saturated heterocycles. The molecule has 0 fully saturated rings. The summed E-state index contributed by atoms with van der Waals surface area (Å²) in [5.74, 6) is -1.66. The molecule has 4 rings (SSSR count). The molecular weight excluding hydrogens is 369 g/mol. The largest absolute Gasteiger partial charge is 0.476 e. The third kappa shape index (κ3) is 3.27. The van der Waals surface area contributed by atoms with Gasteiger partial charge in [0, 0.05) is 18.3 Å². The summed E-state index contributed by atoms with van der Waals surface area (Å²) in [7, 11) is 0. The molecule has 4 aromatic rings. The number of fused-ring (bicyclic) bond motifs is 1. The van der Waals surface area contributed by atoms with E-state index in [-0.39, 0.29) is 16.5 Å². The Labute approximate surface area is 158 Å². The lowest BCUT2D eigenvalue weighted by Gasteiger charge is -2.08. The van der Waals surface area contributed by atoms with Gasteiger partial charge >= 0.3 is 5.97 Å². The van der Waals surface area contributed by atoms with E-state index in [1.165, 1.54) is 12.1 Å². The van der Waals surface area contributed by atoms with Gasteiger partial charge in [0.15, 0.2) is 11.5 Å². The molecule has 0 atom stereocenters. The average Bonchev–Trinajstić information content (AvgIpc) is 3.06. The molecule has 2 heterocycles. The summed E-state index contributed by atoms with van der Waals surface area (Å²) in [6.45, 7) is 0.523. The number of carboxylic acids is 1. The molecule has 27 heavy (non-hydrogen) atoms. The van der Waals surface area contributed by atoms with Crippen LogP contribution in [0.2, 0.25) is 5.02 Å². The molecular formula is C20H13ClFN3O2. The van der Waals surface area contributed by atoms with Crippen LogP contribution >= 0.6 is 11.6 Å². The Balaban J connectivity index is 1.89. The third-order valence-corrected chi connectivity index (χ3v) is 4.50. The van der Waals surface area contributed by atoms with E-state index in [9.17, 15) is 14.3 Å². The van der Waals surface area contributed by atoms with Crippen molar-refractivity contribution < 1.29 is 14.3 Å². The molecule has 1 N–H and O–H groups in total. The van der Waals surface area contributed by atoms with E-state index >= 15 is 0 Å². The van der Waals surface area contributed by atoms with Crippen LogP contribution in [0.1, 0.15) is 16.1 Å². The average molecular weight is 382 g/mol. The molecule has 0 bridgehead atoms. The molecule has 0 saturated carbocycles. The number of aromatic nitrogens is 3. The molecule has 5 nitrogen and oxygen atoms in total. The quantitative estimate of drug-likeness (QED) is 0.559. The van der Waals surface area contributed by atoms with Crippen LogP contribution < -0.4 is 0 Å². The number of rotatable bonds is 4. The summed E-state index contributed by atoms with van der Waals surface area (Å²) < 4.78 is 15.7. The van der Waals surface area contributed by atoms with Gasteiger partial charge in [-0.1, -0.05) is 41.9 Å². The first-order valence-corrected chi connectivity index (χ1v) is 8.50. The number of benzene rings is 2. The first-order chi connectivity index (χ1) is 13.0. The van der Waals surface area contributed by atoms with E-state index in [2.05, 4.69) is 9.97 Å². The number of aromatic carboxylic acids is 1. The van der Waals surface area contributed by atoms with Gasteiger partial charge in [0.1, 0.15) is 11.5 Å². The number of hydrogen-bond donors (Lipinski definition) is 1. The molecule has 134 valence electrons. The molecule has 0 amide bonds. The highest BCUT2D eigenvalue weighted by Crippen LogP contribution is 2.26.